The number of ether oxygens (including phenoxy) is 1. The number of carbonyl (C=O) groups is 2. The van der Waals surface area contributed by atoms with Crippen molar-refractivity contribution in [3.05, 3.63) is 54.5 Å². The molecule has 0 saturated carbocycles. The third kappa shape index (κ3) is 6.44. The summed E-state index contributed by atoms with van der Waals surface area (Å²) in [6, 6.07) is 13.3. The number of amides is 1. The molecular formula is C19H23ClN2O4. The summed E-state index contributed by atoms with van der Waals surface area (Å²) in [6.07, 6.45) is 3.40. The Balaban J connectivity index is 0.000000254. The molecule has 1 aromatic heterocycles. The Morgan fingerprint density at radius 1 is 1.27 bits per heavy atom. The van der Waals surface area contributed by atoms with Crippen molar-refractivity contribution in [2.75, 3.05) is 32.1 Å². The fourth-order valence-electron chi connectivity index (χ4n) is 2.74. The van der Waals surface area contributed by atoms with Gasteiger partial charge >= 0.3 is 6.09 Å². The molecule has 1 atom stereocenters. The minimum absolute atomic E-state index is 0.187. The van der Waals surface area contributed by atoms with Crippen LogP contribution in [0.5, 0.6) is 0 Å². The number of rotatable bonds is 4. The summed E-state index contributed by atoms with van der Waals surface area (Å²) in [5.74, 6) is 0.685. The maximum Gasteiger partial charge on any atom is 0.409 e. The Kier molecular flexibility index (Phi) is 8.02. The van der Waals surface area contributed by atoms with E-state index >= 15 is 0 Å². The minimum Gasteiger partial charge on any atom is -0.460 e. The summed E-state index contributed by atoms with van der Waals surface area (Å²) in [5.41, 5.74) is 1.13. The first-order valence-corrected chi connectivity index (χ1v) is 8.83. The molecule has 1 unspecified atom stereocenters. The number of methoxy groups -OCH3 is 1. The number of para-hydroxylation sites is 1. The van der Waals surface area contributed by atoms with E-state index in [-0.39, 0.29) is 11.9 Å². The van der Waals surface area contributed by atoms with Crippen LogP contribution in [0.1, 0.15) is 23.4 Å². The lowest BCUT2D eigenvalue weighted by Crippen LogP contribution is -2.41. The molecule has 0 aliphatic carbocycles. The van der Waals surface area contributed by atoms with Crippen molar-refractivity contribution in [2.45, 2.75) is 12.8 Å². The van der Waals surface area contributed by atoms with E-state index in [4.69, 9.17) is 16.3 Å². The van der Waals surface area contributed by atoms with Gasteiger partial charge in [-0.15, -0.1) is 0 Å². The van der Waals surface area contributed by atoms with Gasteiger partial charge in [0.2, 0.25) is 0 Å². The average molecular weight is 379 g/mol. The Morgan fingerprint density at radius 3 is 2.62 bits per heavy atom. The van der Waals surface area contributed by atoms with Gasteiger partial charge < -0.3 is 19.4 Å². The fourth-order valence-corrected chi connectivity index (χ4v) is 2.84. The lowest BCUT2D eigenvalue weighted by Gasteiger charge is -2.31. The third-order valence-corrected chi connectivity index (χ3v) is 4.22. The smallest absolute Gasteiger partial charge is 0.409 e. The molecule has 1 N–H and O–H groups in total. The summed E-state index contributed by atoms with van der Waals surface area (Å²) in [6.45, 7) is 2.50. The van der Waals surface area contributed by atoms with Crippen LogP contribution < -0.4 is 5.32 Å². The van der Waals surface area contributed by atoms with Gasteiger partial charge in [0.05, 0.1) is 13.4 Å². The molecule has 3 rings (SSSR count). The van der Waals surface area contributed by atoms with E-state index in [0.717, 1.165) is 38.2 Å². The van der Waals surface area contributed by atoms with Gasteiger partial charge in [0.25, 0.3) is 5.24 Å². The molecule has 1 amide bonds. The zero-order chi connectivity index (χ0) is 18.8. The number of furan rings is 1. The van der Waals surface area contributed by atoms with Gasteiger partial charge in [-0.3, -0.25) is 4.79 Å². The molecule has 0 radical (unpaired) electrons. The van der Waals surface area contributed by atoms with E-state index in [1.807, 2.05) is 18.2 Å². The van der Waals surface area contributed by atoms with Crippen molar-refractivity contribution >= 4 is 28.6 Å². The second-order valence-corrected chi connectivity index (χ2v) is 6.27. The molecule has 2 heterocycles. The summed E-state index contributed by atoms with van der Waals surface area (Å²) in [7, 11) is 1.44. The van der Waals surface area contributed by atoms with E-state index in [1.54, 1.807) is 11.0 Å². The van der Waals surface area contributed by atoms with Crippen molar-refractivity contribution in [3.63, 3.8) is 0 Å². The summed E-state index contributed by atoms with van der Waals surface area (Å²) >= 11 is 5.01. The van der Waals surface area contributed by atoms with Gasteiger partial charge in [0.1, 0.15) is 0 Å². The summed E-state index contributed by atoms with van der Waals surface area (Å²) in [5, 5.41) is 2.85. The van der Waals surface area contributed by atoms with Gasteiger partial charge in [0.15, 0.2) is 5.76 Å². The molecule has 7 heteroatoms. The monoisotopic (exact) mass is 378 g/mol. The van der Waals surface area contributed by atoms with Crippen molar-refractivity contribution in [1.82, 2.24) is 4.90 Å². The predicted octanol–water partition coefficient (Wildman–Crippen LogP) is 4.24. The van der Waals surface area contributed by atoms with E-state index in [2.05, 4.69) is 21.9 Å². The number of nitrogens with one attached hydrogen (secondary N) is 1. The minimum atomic E-state index is -0.560. The van der Waals surface area contributed by atoms with E-state index in [1.165, 1.54) is 19.4 Å². The highest BCUT2D eigenvalue weighted by molar-refractivity contribution is 6.67. The highest BCUT2D eigenvalue weighted by Crippen LogP contribution is 2.18. The molecule has 1 saturated heterocycles. The van der Waals surface area contributed by atoms with Crippen LogP contribution in [0.25, 0.3) is 0 Å². The topological polar surface area (TPSA) is 71.8 Å². The van der Waals surface area contributed by atoms with Crippen molar-refractivity contribution < 1.29 is 18.7 Å². The highest BCUT2D eigenvalue weighted by atomic mass is 35.5. The molecule has 0 bridgehead atoms. The molecular weight excluding hydrogens is 356 g/mol. The number of halogens is 1. The SMILES string of the molecule is COC(=O)N1CCCC(CNc2ccccc2)C1.O=C(Cl)c1ccco1. The van der Waals surface area contributed by atoms with E-state index in [9.17, 15) is 9.59 Å². The third-order valence-electron chi connectivity index (χ3n) is 4.04. The zero-order valence-electron chi connectivity index (χ0n) is 14.7. The molecule has 2 aromatic rings. The van der Waals surface area contributed by atoms with E-state index < -0.39 is 5.24 Å². The molecule has 140 valence electrons. The number of hydrogen-bond acceptors (Lipinski definition) is 5. The Morgan fingerprint density at radius 2 is 2.04 bits per heavy atom. The standard InChI is InChI=1S/C14H20N2O2.C5H3ClO2/c1-18-14(17)16-9-5-6-12(11-16)10-15-13-7-3-2-4-8-13;6-5(7)4-2-1-3-8-4/h2-4,7-8,12,15H,5-6,9-11H2,1H3;1-3H. The van der Waals surface area contributed by atoms with Crippen LogP contribution >= 0.6 is 11.6 Å². The Hall–Kier alpha value is -2.47. The normalized spacial score (nSPS) is 16.2. The number of carbonyl (C=O) groups excluding carboxylic acids is 2. The number of piperidine rings is 1. The van der Waals surface area contributed by atoms with Crippen molar-refractivity contribution in [3.8, 4) is 0 Å². The Bertz CT molecular complexity index is 676. The molecule has 1 fully saturated rings. The van der Waals surface area contributed by atoms with Crippen LogP contribution in [0.3, 0.4) is 0 Å². The average Bonchev–Trinajstić information content (AvgIpc) is 3.22. The van der Waals surface area contributed by atoms with Crippen molar-refractivity contribution in [1.29, 1.82) is 0 Å². The van der Waals surface area contributed by atoms with Gasteiger partial charge in [-0.25, -0.2) is 4.79 Å². The van der Waals surface area contributed by atoms with Crippen LogP contribution in [0.2, 0.25) is 0 Å². The molecule has 0 spiro atoms. The number of benzene rings is 1. The lowest BCUT2D eigenvalue weighted by molar-refractivity contribution is 0.103. The number of likely N-dealkylation sites (tertiary alicyclic amines) is 1. The molecule has 1 aliphatic rings. The fraction of sp³-hybridized carbons (Fsp3) is 0.368. The number of anilines is 1. The maximum absolute atomic E-state index is 11.5. The predicted molar refractivity (Wildman–Crippen MR) is 101 cm³/mol. The summed E-state index contributed by atoms with van der Waals surface area (Å²) in [4.78, 5) is 23.4. The van der Waals surface area contributed by atoms with Crippen LogP contribution in [-0.2, 0) is 4.74 Å². The molecule has 1 aliphatic heterocycles. The second-order valence-electron chi connectivity index (χ2n) is 5.92. The van der Waals surface area contributed by atoms with Gasteiger partial charge in [-0.05, 0) is 54.6 Å². The lowest BCUT2D eigenvalue weighted by atomic mass is 9.98. The summed E-state index contributed by atoms with van der Waals surface area (Å²) < 4.78 is 9.38. The molecule has 26 heavy (non-hydrogen) atoms. The van der Waals surface area contributed by atoms with E-state index in [0.29, 0.717) is 5.92 Å². The molecule has 1 aromatic carbocycles. The number of nitrogens with zero attached hydrogens (tertiary/aromatic N) is 1. The first-order chi connectivity index (χ1) is 12.6. The number of hydrogen-bond donors (Lipinski definition) is 1. The zero-order valence-corrected chi connectivity index (χ0v) is 15.4. The van der Waals surface area contributed by atoms with Crippen LogP contribution in [0.15, 0.2) is 53.1 Å². The molecule has 6 nitrogen and oxygen atoms in total. The van der Waals surface area contributed by atoms with Crippen LogP contribution in [-0.4, -0.2) is 43.0 Å². The quantitative estimate of drug-likeness (QED) is 0.806. The first-order valence-electron chi connectivity index (χ1n) is 8.45. The van der Waals surface area contributed by atoms with Crippen LogP contribution in [0.4, 0.5) is 10.5 Å². The van der Waals surface area contributed by atoms with Crippen LogP contribution in [0, 0.1) is 5.92 Å². The second kappa shape index (κ2) is 10.5. The largest absolute Gasteiger partial charge is 0.460 e. The maximum atomic E-state index is 11.5. The van der Waals surface area contributed by atoms with Gasteiger partial charge in [0, 0.05) is 25.3 Å². The van der Waals surface area contributed by atoms with Gasteiger partial charge in [-0.2, -0.15) is 0 Å². The highest BCUT2D eigenvalue weighted by Gasteiger charge is 2.23. The van der Waals surface area contributed by atoms with Gasteiger partial charge in [-0.1, -0.05) is 18.2 Å². The Labute approximate surface area is 158 Å². The van der Waals surface area contributed by atoms with Crippen molar-refractivity contribution in [2.24, 2.45) is 5.92 Å². The first kappa shape index (κ1) is 19.8.